The molecule has 0 aliphatic rings. The van der Waals surface area contributed by atoms with E-state index in [2.05, 4.69) is 42.5 Å². The van der Waals surface area contributed by atoms with Gasteiger partial charge in [-0.2, -0.15) is 5.10 Å². The Morgan fingerprint density at radius 2 is 2.17 bits per heavy atom. The van der Waals surface area contributed by atoms with Crippen molar-refractivity contribution in [1.29, 1.82) is 0 Å². The highest BCUT2D eigenvalue weighted by atomic mass is 79.9. The van der Waals surface area contributed by atoms with Crippen molar-refractivity contribution in [3.63, 3.8) is 0 Å². The zero-order valence-corrected chi connectivity index (χ0v) is 15.0. The van der Waals surface area contributed by atoms with E-state index in [0.717, 1.165) is 15.7 Å². The standard InChI is InChI=1S/C16H17BrN6O/c1-11-4-3-5-13(6-11)8-22-10-18-16(21-22)20-15(24)9-23-12(2)14(17)7-19-23/h3-7,10H,8-9H2,1-2H3,(H,20,21,24). The van der Waals surface area contributed by atoms with E-state index in [4.69, 9.17) is 0 Å². The average Bonchev–Trinajstić information content (AvgIpc) is 3.09. The predicted octanol–water partition coefficient (Wildman–Crippen LogP) is 2.54. The fraction of sp³-hybridized carbons (Fsp3) is 0.250. The van der Waals surface area contributed by atoms with Gasteiger partial charge in [-0.1, -0.05) is 29.8 Å². The molecule has 0 aliphatic heterocycles. The molecule has 0 saturated carbocycles. The number of nitrogens with one attached hydrogen (secondary N) is 1. The number of hydrogen-bond acceptors (Lipinski definition) is 4. The van der Waals surface area contributed by atoms with Gasteiger partial charge in [0.05, 0.1) is 22.9 Å². The molecule has 1 amide bonds. The number of anilines is 1. The lowest BCUT2D eigenvalue weighted by Gasteiger charge is -2.04. The number of aryl methyl sites for hydroxylation is 1. The summed E-state index contributed by atoms with van der Waals surface area (Å²) in [6.45, 7) is 4.66. The Balaban J connectivity index is 1.61. The predicted molar refractivity (Wildman–Crippen MR) is 93.6 cm³/mol. The fourth-order valence-corrected chi connectivity index (χ4v) is 2.61. The summed E-state index contributed by atoms with van der Waals surface area (Å²) >= 11 is 3.37. The van der Waals surface area contributed by atoms with Gasteiger partial charge in [-0.3, -0.25) is 14.8 Å². The number of halogens is 1. The van der Waals surface area contributed by atoms with Crippen molar-refractivity contribution in [2.75, 3.05) is 5.32 Å². The van der Waals surface area contributed by atoms with E-state index in [1.54, 1.807) is 21.9 Å². The summed E-state index contributed by atoms with van der Waals surface area (Å²) in [5.41, 5.74) is 3.22. The molecule has 0 radical (unpaired) electrons. The third kappa shape index (κ3) is 3.88. The highest BCUT2D eigenvalue weighted by Crippen LogP contribution is 2.14. The lowest BCUT2D eigenvalue weighted by Crippen LogP contribution is -2.21. The van der Waals surface area contributed by atoms with E-state index in [-0.39, 0.29) is 18.4 Å². The lowest BCUT2D eigenvalue weighted by atomic mass is 10.1. The van der Waals surface area contributed by atoms with Crippen LogP contribution >= 0.6 is 15.9 Å². The van der Waals surface area contributed by atoms with Crippen LogP contribution in [-0.4, -0.2) is 30.5 Å². The first-order valence-electron chi connectivity index (χ1n) is 7.44. The molecular weight excluding hydrogens is 372 g/mol. The van der Waals surface area contributed by atoms with Crippen LogP contribution in [0.1, 0.15) is 16.8 Å². The Kier molecular flexibility index (Phi) is 4.75. The molecule has 7 nitrogen and oxygen atoms in total. The Morgan fingerprint density at radius 3 is 2.88 bits per heavy atom. The van der Waals surface area contributed by atoms with Crippen LogP contribution in [0.25, 0.3) is 0 Å². The van der Waals surface area contributed by atoms with E-state index in [1.165, 1.54) is 5.56 Å². The number of aromatic nitrogens is 5. The lowest BCUT2D eigenvalue weighted by molar-refractivity contribution is -0.117. The van der Waals surface area contributed by atoms with Gasteiger partial charge in [0, 0.05) is 0 Å². The van der Waals surface area contributed by atoms with Crippen LogP contribution < -0.4 is 5.32 Å². The maximum Gasteiger partial charge on any atom is 0.248 e. The third-order valence-electron chi connectivity index (χ3n) is 3.55. The van der Waals surface area contributed by atoms with Crippen molar-refractivity contribution >= 4 is 27.8 Å². The Morgan fingerprint density at radius 1 is 1.33 bits per heavy atom. The average molecular weight is 389 g/mol. The molecule has 1 aromatic carbocycles. The molecule has 0 atom stereocenters. The van der Waals surface area contributed by atoms with Crippen molar-refractivity contribution in [2.24, 2.45) is 0 Å². The molecule has 8 heteroatoms. The van der Waals surface area contributed by atoms with Crippen LogP contribution in [0, 0.1) is 13.8 Å². The van der Waals surface area contributed by atoms with Gasteiger partial charge < -0.3 is 0 Å². The van der Waals surface area contributed by atoms with Crippen LogP contribution in [-0.2, 0) is 17.9 Å². The molecule has 0 spiro atoms. The van der Waals surface area contributed by atoms with Crippen LogP contribution in [0.15, 0.2) is 41.3 Å². The van der Waals surface area contributed by atoms with E-state index >= 15 is 0 Å². The molecule has 0 unspecified atom stereocenters. The largest absolute Gasteiger partial charge is 0.292 e. The number of rotatable bonds is 5. The molecule has 24 heavy (non-hydrogen) atoms. The SMILES string of the molecule is Cc1cccc(Cn2cnc(NC(=O)Cn3ncc(Br)c3C)n2)c1. The Labute approximate surface area is 147 Å². The molecule has 2 aromatic heterocycles. The Bertz CT molecular complexity index is 869. The van der Waals surface area contributed by atoms with E-state index in [0.29, 0.717) is 6.54 Å². The monoisotopic (exact) mass is 388 g/mol. The van der Waals surface area contributed by atoms with Crippen LogP contribution in [0.4, 0.5) is 5.95 Å². The van der Waals surface area contributed by atoms with Gasteiger partial charge in [-0.15, -0.1) is 5.10 Å². The highest BCUT2D eigenvalue weighted by molar-refractivity contribution is 9.10. The third-order valence-corrected chi connectivity index (χ3v) is 4.33. The van der Waals surface area contributed by atoms with Gasteiger partial charge in [0.1, 0.15) is 12.9 Å². The van der Waals surface area contributed by atoms with Crippen LogP contribution in [0.3, 0.4) is 0 Å². The first-order chi connectivity index (χ1) is 11.5. The number of carbonyl (C=O) groups is 1. The minimum atomic E-state index is -0.220. The van der Waals surface area contributed by atoms with Gasteiger partial charge in [0.25, 0.3) is 0 Å². The summed E-state index contributed by atoms with van der Waals surface area (Å²) in [6.07, 6.45) is 3.27. The minimum absolute atomic E-state index is 0.115. The zero-order valence-electron chi connectivity index (χ0n) is 13.4. The van der Waals surface area contributed by atoms with Crippen molar-refractivity contribution in [3.8, 4) is 0 Å². The summed E-state index contributed by atoms with van der Waals surface area (Å²) in [6, 6.07) is 8.19. The topological polar surface area (TPSA) is 77.6 Å². The number of nitrogens with zero attached hydrogens (tertiary/aromatic N) is 5. The Hall–Kier alpha value is -2.48. The molecule has 2 heterocycles. The second-order valence-corrected chi connectivity index (χ2v) is 6.39. The smallest absolute Gasteiger partial charge is 0.248 e. The molecule has 0 saturated heterocycles. The van der Waals surface area contributed by atoms with Crippen LogP contribution in [0.5, 0.6) is 0 Å². The van der Waals surface area contributed by atoms with Crippen molar-refractivity contribution < 1.29 is 4.79 Å². The van der Waals surface area contributed by atoms with E-state index in [1.807, 2.05) is 32.0 Å². The minimum Gasteiger partial charge on any atom is -0.292 e. The van der Waals surface area contributed by atoms with Crippen LogP contribution in [0.2, 0.25) is 0 Å². The number of amides is 1. The number of benzene rings is 1. The summed E-state index contributed by atoms with van der Waals surface area (Å²) < 4.78 is 4.18. The van der Waals surface area contributed by atoms with Gasteiger partial charge in [0.2, 0.25) is 11.9 Å². The summed E-state index contributed by atoms with van der Waals surface area (Å²) in [4.78, 5) is 16.2. The first kappa shape index (κ1) is 16.4. The van der Waals surface area contributed by atoms with Crippen molar-refractivity contribution in [2.45, 2.75) is 26.9 Å². The van der Waals surface area contributed by atoms with Crippen molar-refractivity contribution in [1.82, 2.24) is 24.5 Å². The van der Waals surface area contributed by atoms with Gasteiger partial charge >= 0.3 is 0 Å². The maximum atomic E-state index is 12.1. The van der Waals surface area contributed by atoms with Gasteiger partial charge in [-0.25, -0.2) is 9.67 Å². The number of carbonyl (C=O) groups excluding carboxylic acids is 1. The molecule has 0 bridgehead atoms. The molecule has 3 rings (SSSR count). The van der Waals surface area contributed by atoms with E-state index in [9.17, 15) is 4.79 Å². The summed E-state index contributed by atoms with van der Waals surface area (Å²) in [5, 5.41) is 11.1. The highest BCUT2D eigenvalue weighted by Gasteiger charge is 2.11. The molecule has 1 N–H and O–H groups in total. The second kappa shape index (κ2) is 6.96. The normalized spacial score (nSPS) is 10.8. The van der Waals surface area contributed by atoms with Gasteiger partial charge in [0.15, 0.2) is 0 Å². The molecule has 124 valence electrons. The maximum absolute atomic E-state index is 12.1. The van der Waals surface area contributed by atoms with Crippen molar-refractivity contribution in [3.05, 3.63) is 58.1 Å². The molecule has 3 aromatic rings. The first-order valence-corrected chi connectivity index (χ1v) is 8.23. The fourth-order valence-electron chi connectivity index (χ4n) is 2.31. The quantitative estimate of drug-likeness (QED) is 0.728. The molecule has 0 aliphatic carbocycles. The molecule has 0 fully saturated rings. The molecular formula is C16H17BrN6O. The summed E-state index contributed by atoms with van der Waals surface area (Å²) in [5.74, 6) is 0.0681. The summed E-state index contributed by atoms with van der Waals surface area (Å²) in [7, 11) is 0. The van der Waals surface area contributed by atoms with Gasteiger partial charge in [-0.05, 0) is 35.3 Å². The number of hydrogen-bond donors (Lipinski definition) is 1. The van der Waals surface area contributed by atoms with E-state index < -0.39 is 0 Å². The second-order valence-electron chi connectivity index (χ2n) is 5.54. The zero-order chi connectivity index (χ0) is 17.1.